The predicted octanol–water partition coefficient (Wildman–Crippen LogP) is 3.55. The van der Waals surface area contributed by atoms with E-state index in [1.807, 2.05) is 32.0 Å². The fourth-order valence-electron chi connectivity index (χ4n) is 1.40. The van der Waals surface area contributed by atoms with Crippen LogP contribution >= 0.6 is 0 Å². The average Bonchev–Trinajstić information content (AvgIpc) is 2.16. The van der Waals surface area contributed by atoms with Gasteiger partial charge in [-0.3, -0.25) is 4.39 Å². The first kappa shape index (κ1) is 9.97. The highest BCUT2D eigenvalue weighted by Crippen LogP contribution is 2.23. The summed E-state index contributed by atoms with van der Waals surface area (Å²) >= 11 is 0. The molecule has 0 bridgehead atoms. The van der Waals surface area contributed by atoms with Crippen molar-refractivity contribution in [1.29, 1.82) is 0 Å². The molecule has 0 amide bonds. The van der Waals surface area contributed by atoms with Gasteiger partial charge in [-0.25, -0.2) is 0 Å². The lowest BCUT2D eigenvalue weighted by Gasteiger charge is -2.12. The van der Waals surface area contributed by atoms with Gasteiger partial charge < -0.3 is 0 Å². The molecule has 0 aliphatic carbocycles. The molecule has 13 heavy (non-hydrogen) atoms. The molecule has 0 saturated carbocycles. The second-order valence-corrected chi connectivity index (χ2v) is 3.15. The molecule has 0 atom stereocenters. The SMILES string of the molecule is C=Cc1c(C)cccc1[C](C)CF. The van der Waals surface area contributed by atoms with Gasteiger partial charge >= 0.3 is 0 Å². The van der Waals surface area contributed by atoms with Crippen LogP contribution in [0.1, 0.15) is 23.6 Å². The third-order valence-electron chi connectivity index (χ3n) is 2.19. The van der Waals surface area contributed by atoms with Crippen LogP contribution in [0.3, 0.4) is 0 Å². The quantitative estimate of drug-likeness (QED) is 0.662. The highest BCUT2D eigenvalue weighted by atomic mass is 19.1. The van der Waals surface area contributed by atoms with E-state index in [0.29, 0.717) is 0 Å². The Labute approximate surface area is 79.1 Å². The zero-order chi connectivity index (χ0) is 9.84. The van der Waals surface area contributed by atoms with Crippen LogP contribution in [0, 0.1) is 12.8 Å². The van der Waals surface area contributed by atoms with Gasteiger partial charge in [0.25, 0.3) is 0 Å². The Hall–Kier alpha value is -1.11. The van der Waals surface area contributed by atoms with Crippen molar-refractivity contribution in [1.82, 2.24) is 0 Å². The third kappa shape index (κ3) is 1.97. The Bertz CT molecular complexity index is 302. The lowest BCUT2D eigenvalue weighted by molar-refractivity contribution is 0.516. The molecular weight excluding hydrogens is 163 g/mol. The highest BCUT2D eigenvalue weighted by molar-refractivity contribution is 5.59. The molecule has 0 fully saturated rings. The van der Waals surface area contributed by atoms with Gasteiger partial charge in [0.2, 0.25) is 0 Å². The van der Waals surface area contributed by atoms with Crippen LogP contribution < -0.4 is 0 Å². The van der Waals surface area contributed by atoms with Crippen molar-refractivity contribution in [3.8, 4) is 0 Å². The van der Waals surface area contributed by atoms with Crippen molar-refractivity contribution in [3.63, 3.8) is 0 Å². The van der Waals surface area contributed by atoms with Crippen LogP contribution in [0.25, 0.3) is 6.08 Å². The Morgan fingerprint density at radius 3 is 2.77 bits per heavy atom. The van der Waals surface area contributed by atoms with E-state index < -0.39 is 6.67 Å². The topological polar surface area (TPSA) is 0 Å². The minimum atomic E-state index is -0.399. The highest BCUT2D eigenvalue weighted by Gasteiger charge is 2.10. The van der Waals surface area contributed by atoms with Crippen molar-refractivity contribution < 1.29 is 4.39 Å². The van der Waals surface area contributed by atoms with E-state index in [-0.39, 0.29) is 0 Å². The van der Waals surface area contributed by atoms with Gasteiger partial charge in [-0.05, 0) is 23.6 Å². The maximum Gasteiger partial charge on any atom is 0.0998 e. The molecule has 0 N–H and O–H groups in total. The van der Waals surface area contributed by atoms with Gasteiger partial charge in [0, 0.05) is 5.92 Å². The van der Waals surface area contributed by atoms with E-state index in [1.54, 1.807) is 6.08 Å². The summed E-state index contributed by atoms with van der Waals surface area (Å²) < 4.78 is 12.4. The van der Waals surface area contributed by atoms with E-state index in [1.165, 1.54) is 0 Å². The molecular formula is C12H14F. The number of halogens is 1. The monoisotopic (exact) mass is 177 g/mol. The van der Waals surface area contributed by atoms with Crippen LogP contribution in [0.15, 0.2) is 24.8 Å². The van der Waals surface area contributed by atoms with Crippen molar-refractivity contribution in [2.45, 2.75) is 13.8 Å². The van der Waals surface area contributed by atoms with Gasteiger partial charge in [-0.15, -0.1) is 0 Å². The minimum Gasteiger partial charge on any atom is -0.250 e. The molecule has 1 heteroatoms. The van der Waals surface area contributed by atoms with E-state index in [2.05, 4.69) is 6.58 Å². The molecule has 69 valence electrons. The lowest BCUT2D eigenvalue weighted by Crippen LogP contribution is -2.00. The maximum absolute atomic E-state index is 12.4. The number of aryl methyl sites for hydroxylation is 1. The van der Waals surface area contributed by atoms with Crippen molar-refractivity contribution in [2.75, 3.05) is 6.67 Å². The molecule has 0 unspecified atom stereocenters. The first-order chi connectivity index (χ1) is 6.20. The molecule has 0 nitrogen and oxygen atoms in total. The van der Waals surface area contributed by atoms with E-state index in [4.69, 9.17) is 0 Å². The largest absolute Gasteiger partial charge is 0.250 e. The average molecular weight is 177 g/mol. The van der Waals surface area contributed by atoms with Gasteiger partial charge in [0.1, 0.15) is 0 Å². The molecule has 1 rings (SSSR count). The fourth-order valence-corrected chi connectivity index (χ4v) is 1.40. The molecule has 0 aliphatic rings. The van der Waals surface area contributed by atoms with Gasteiger partial charge in [0.05, 0.1) is 6.67 Å². The van der Waals surface area contributed by atoms with E-state index >= 15 is 0 Å². The molecule has 0 aliphatic heterocycles. The Kier molecular flexibility index (Phi) is 3.24. The lowest BCUT2D eigenvalue weighted by atomic mass is 9.93. The van der Waals surface area contributed by atoms with Crippen LogP contribution in [-0.2, 0) is 0 Å². The Morgan fingerprint density at radius 1 is 1.54 bits per heavy atom. The summed E-state index contributed by atoms with van der Waals surface area (Å²) in [7, 11) is 0. The molecule has 0 aromatic heterocycles. The summed E-state index contributed by atoms with van der Waals surface area (Å²) in [5, 5.41) is 0. The first-order valence-corrected chi connectivity index (χ1v) is 4.31. The predicted molar refractivity (Wildman–Crippen MR) is 55.3 cm³/mol. The minimum absolute atomic E-state index is 0.399. The summed E-state index contributed by atoms with van der Waals surface area (Å²) in [6.07, 6.45) is 1.78. The third-order valence-corrected chi connectivity index (χ3v) is 2.19. The maximum atomic E-state index is 12.4. The molecule has 1 aromatic rings. The second-order valence-electron chi connectivity index (χ2n) is 3.15. The van der Waals surface area contributed by atoms with Gasteiger partial charge in [-0.2, -0.15) is 0 Å². The Balaban J connectivity index is 3.19. The summed E-state index contributed by atoms with van der Waals surface area (Å²) in [4.78, 5) is 0. The summed E-state index contributed by atoms with van der Waals surface area (Å²) in [5.41, 5.74) is 3.15. The van der Waals surface area contributed by atoms with E-state index in [0.717, 1.165) is 22.6 Å². The molecule has 1 radical (unpaired) electrons. The smallest absolute Gasteiger partial charge is 0.0998 e. The number of hydrogen-bond acceptors (Lipinski definition) is 0. The van der Waals surface area contributed by atoms with Crippen molar-refractivity contribution >= 4 is 6.08 Å². The van der Waals surface area contributed by atoms with Crippen LogP contribution in [-0.4, -0.2) is 6.67 Å². The molecule has 0 heterocycles. The molecule has 0 spiro atoms. The fraction of sp³-hybridized carbons (Fsp3) is 0.250. The van der Waals surface area contributed by atoms with Crippen molar-refractivity contribution in [3.05, 3.63) is 47.4 Å². The normalized spacial score (nSPS) is 10.5. The summed E-state index contributed by atoms with van der Waals surface area (Å²) in [6, 6.07) is 5.88. The molecule has 0 saturated heterocycles. The number of hydrogen-bond donors (Lipinski definition) is 0. The number of alkyl halides is 1. The van der Waals surface area contributed by atoms with Crippen molar-refractivity contribution in [2.24, 2.45) is 0 Å². The number of rotatable bonds is 3. The summed E-state index contributed by atoms with van der Waals surface area (Å²) in [5.74, 6) is 0.763. The van der Waals surface area contributed by atoms with Gasteiger partial charge in [-0.1, -0.05) is 37.8 Å². The van der Waals surface area contributed by atoms with Crippen LogP contribution in [0.2, 0.25) is 0 Å². The number of benzene rings is 1. The molecule has 1 aromatic carbocycles. The van der Waals surface area contributed by atoms with E-state index in [9.17, 15) is 4.39 Å². The first-order valence-electron chi connectivity index (χ1n) is 4.31. The summed E-state index contributed by atoms with van der Waals surface area (Å²) in [6.45, 7) is 7.15. The zero-order valence-corrected chi connectivity index (χ0v) is 8.10. The van der Waals surface area contributed by atoms with Gasteiger partial charge in [0.15, 0.2) is 0 Å². The Morgan fingerprint density at radius 2 is 2.23 bits per heavy atom. The zero-order valence-electron chi connectivity index (χ0n) is 8.10. The standard InChI is InChI=1S/C12H14F/c1-4-11-9(2)6-5-7-12(11)10(3)8-13/h4-7H,1,8H2,2-3H3. The second kappa shape index (κ2) is 4.22. The van der Waals surface area contributed by atoms with Crippen LogP contribution in [0.5, 0.6) is 0 Å². The van der Waals surface area contributed by atoms with Crippen LogP contribution in [0.4, 0.5) is 4.39 Å².